The number of amides is 1. The number of hydrogen-bond donors (Lipinski definition) is 1. The molecule has 0 saturated heterocycles. The Labute approximate surface area is 226 Å². The molecule has 0 saturated carbocycles. The normalized spacial score (nSPS) is 12.2. The van der Waals surface area contributed by atoms with Crippen molar-refractivity contribution in [3.8, 4) is 17.2 Å². The number of rotatable bonds is 9. The van der Waals surface area contributed by atoms with Gasteiger partial charge in [0.2, 0.25) is 6.10 Å². The number of aromatic nitrogens is 1. The van der Waals surface area contributed by atoms with E-state index in [1.165, 1.54) is 23.5 Å². The lowest BCUT2D eigenvalue weighted by atomic mass is 10.1. The van der Waals surface area contributed by atoms with E-state index in [1.54, 1.807) is 57.5 Å². The standard InChI is InChI=1S/C25H23IN2O6S2/c1-4-36(30,31)18-11-5-15(6-12-18)23(34-17-9-7-16(26)8-10-17)24(29)28-25-27-19-13-20(32-2)21(33-3)14-22(19)35-25/h5-14,23H,4H2,1-3H3,(H,27,28,29). The van der Waals surface area contributed by atoms with Crippen LogP contribution >= 0.6 is 33.9 Å². The molecule has 0 aliphatic rings. The first-order valence-electron chi connectivity index (χ1n) is 10.8. The highest BCUT2D eigenvalue weighted by molar-refractivity contribution is 14.1. The van der Waals surface area contributed by atoms with Gasteiger partial charge in [-0.1, -0.05) is 30.4 Å². The van der Waals surface area contributed by atoms with Crippen molar-refractivity contribution in [2.75, 3.05) is 25.3 Å². The Morgan fingerprint density at radius 1 is 1.03 bits per heavy atom. The lowest BCUT2D eigenvalue weighted by Crippen LogP contribution is -2.25. The molecule has 0 aliphatic heterocycles. The third-order valence-corrected chi connectivity index (χ3v) is 8.75. The summed E-state index contributed by atoms with van der Waals surface area (Å²) < 4.78 is 43.0. The number of ether oxygens (including phenoxy) is 3. The zero-order valence-electron chi connectivity index (χ0n) is 19.6. The van der Waals surface area contributed by atoms with E-state index >= 15 is 0 Å². The van der Waals surface area contributed by atoms with Crippen LogP contribution in [0.15, 0.2) is 65.6 Å². The van der Waals surface area contributed by atoms with Gasteiger partial charge < -0.3 is 14.2 Å². The van der Waals surface area contributed by atoms with E-state index in [2.05, 4.69) is 32.9 Å². The van der Waals surface area contributed by atoms with E-state index < -0.39 is 21.8 Å². The third-order valence-electron chi connectivity index (χ3n) is 5.35. The lowest BCUT2D eigenvalue weighted by Gasteiger charge is -2.19. The Kier molecular flexibility index (Phi) is 8.00. The molecule has 1 N–H and O–H groups in total. The molecule has 1 aromatic heterocycles. The predicted molar refractivity (Wildman–Crippen MR) is 148 cm³/mol. The molecule has 1 unspecified atom stereocenters. The molecule has 36 heavy (non-hydrogen) atoms. The minimum atomic E-state index is -3.37. The largest absolute Gasteiger partial charge is 0.493 e. The van der Waals surface area contributed by atoms with Gasteiger partial charge in [-0.3, -0.25) is 10.1 Å². The SMILES string of the molecule is CCS(=O)(=O)c1ccc(C(Oc2ccc(I)cc2)C(=O)Nc2nc3cc(OC)c(OC)cc3s2)cc1. The van der Waals surface area contributed by atoms with Crippen molar-refractivity contribution in [1.82, 2.24) is 4.98 Å². The van der Waals surface area contributed by atoms with Crippen molar-refractivity contribution >= 4 is 65.0 Å². The molecule has 1 atom stereocenters. The number of sulfone groups is 1. The number of carbonyl (C=O) groups is 1. The van der Waals surface area contributed by atoms with Crippen LogP contribution in [0.1, 0.15) is 18.6 Å². The van der Waals surface area contributed by atoms with Crippen LogP contribution in [0.2, 0.25) is 0 Å². The quantitative estimate of drug-likeness (QED) is 0.243. The average molecular weight is 639 g/mol. The molecule has 0 radical (unpaired) electrons. The summed E-state index contributed by atoms with van der Waals surface area (Å²) >= 11 is 3.47. The number of halogens is 1. The zero-order valence-corrected chi connectivity index (χ0v) is 23.4. The number of fused-ring (bicyclic) bond motifs is 1. The second kappa shape index (κ2) is 11.0. The van der Waals surface area contributed by atoms with Crippen molar-refractivity contribution in [2.24, 2.45) is 0 Å². The number of nitrogens with one attached hydrogen (secondary N) is 1. The fourth-order valence-corrected chi connectivity index (χ4v) is 5.54. The molecule has 0 bridgehead atoms. The Balaban J connectivity index is 1.65. The summed E-state index contributed by atoms with van der Waals surface area (Å²) in [5.74, 6) is 1.14. The van der Waals surface area contributed by atoms with E-state index in [-0.39, 0.29) is 10.6 Å². The Bertz CT molecular complexity index is 1440. The van der Waals surface area contributed by atoms with Crippen LogP contribution in [0.4, 0.5) is 5.13 Å². The van der Waals surface area contributed by atoms with Crippen molar-refractivity contribution < 1.29 is 27.4 Å². The van der Waals surface area contributed by atoms with Crippen molar-refractivity contribution in [3.63, 3.8) is 0 Å². The van der Waals surface area contributed by atoms with Gasteiger partial charge in [0, 0.05) is 21.3 Å². The summed E-state index contributed by atoms with van der Waals surface area (Å²) in [5.41, 5.74) is 1.16. The first-order valence-corrected chi connectivity index (χ1v) is 14.4. The average Bonchev–Trinajstić information content (AvgIpc) is 3.28. The van der Waals surface area contributed by atoms with Gasteiger partial charge in [-0.05, 0) is 59.0 Å². The molecule has 0 fully saturated rings. The molecule has 0 aliphatic carbocycles. The molecular formula is C25H23IN2O6S2. The molecule has 3 aromatic carbocycles. The number of hydrogen-bond acceptors (Lipinski definition) is 8. The highest BCUT2D eigenvalue weighted by Gasteiger charge is 2.25. The molecule has 0 spiro atoms. The fraction of sp³-hybridized carbons (Fsp3) is 0.200. The first-order chi connectivity index (χ1) is 17.2. The fourth-order valence-electron chi connectivity index (χ4n) is 3.42. The van der Waals surface area contributed by atoms with E-state index in [4.69, 9.17) is 14.2 Å². The lowest BCUT2D eigenvalue weighted by molar-refractivity contribution is -0.123. The van der Waals surface area contributed by atoms with Crippen LogP contribution in [0, 0.1) is 3.57 Å². The maximum Gasteiger partial charge on any atom is 0.271 e. The van der Waals surface area contributed by atoms with Gasteiger partial charge in [0.05, 0.1) is 35.1 Å². The van der Waals surface area contributed by atoms with E-state index in [1.807, 2.05) is 12.1 Å². The van der Waals surface area contributed by atoms with Crippen LogP contribution in [0.25, 0.3) is 10.2 Å². The Hall–Kier alpha value is -2.90. The Morgan fingerprint density at radius 3 is 2.28 bits per heavy atom. The number of thiazole rings is 1. The third kappa shape index (κ3) is 5.73. The predicted octanol–water partition coefficient (Wildman–Crippen LogP) is 5.47. The van der Waals surface area contributed by atoms with E-state index in [9.17, 15) is 13.2 Å². The Morgan fingerprint density at radius 2 is 1.67 bits per heavy atom. The molecule has 8 nitrogen and oxygen atoms in total. The smallest absolute Gasteiger partial charge is 0.271 e. The zero-order chi connectivity index (χ0) is 25.9. The molecule has 1 heterocycles. The van der Waals surface area contributed by atoms with E-state index in [0.717, 1.165) is 8.27 Å². The summed E-state index contributed by atoms with van der Waals surface area (Å²) in [6.07, 6.45) is -1.04. The van der Waals surface area contributed by atoms with Gasteiger partial charge in [-0.15, -0.1) is 0 Å². The van der Waals surface area contributed by atoms with Gasteiger partial charge in [-0.25, -0.2) is 13.4 Å². The van der Waals surface area contributed by atoms with Gasteiger partial charge in [0.1, 0.15) is 5.75 Å². The number of carbonyl (C=O) groups excluding carboxylic acids is 1. The van der Waals surface area contributed by atoms with Gasteiger partial charge in [-0.2, -0.15) is 0 Å². The van der Waals surface area contributed by atoms with Crippen LogP contribution < -0.4 is 19.5 Å². The molecule has 1 amide bonds. The minimum Gasteiger partial charge on any atom is -0.493 e. The number of nitrogens with zero attached hydrogens (tertiary/aromatic N) is 1. The molecule has 4 rings (SSSR count). The molecule has 4 aromatic rings. The second-order valence-corrected chi connectivity index (χ2v) is 12.2. The van der Waals surface area contributed by atoms with Crippen LogP contribution in [0.5, 0.6) is 17.2 Å². The van der Waals surface area contributed by atoms with Gasteiger partial charge in [0.15, 0.2) is 26.5 Å². The van der Waals surface area contributed by atoms with Crippen molar-refractivity contribution in [3.05, 3.63) is 69.8 Å². The summed E-state index contributed by atoms with van der Waals surface area (Å²) in [7, 11) is -0.274. The van der Waals surface area contributed by atoms with Crippen LogP contribution in [-0.2, 0) is 14.6 Å². The summed E-state index contributed by atoms with van der Waals surface area (Å²) in [5, 5.41) is 3.22. The number of methoxy groups -OCH3 is 2. The van der Waals surface area contributed by atoms with Crippen molar-refractivity contribution in [1.29, 1.82) is 0 Å². The highest BCUT2D eigenvalue weighted by atomic mass is 127. The van der Waals surface area contributed by atoms with E-state index in [0.29, 0.717) is 33.5 Å². The second-order valence-electron chi connectivity index (χ2n) is 7.61. The van der Waals surface area contributed by atoms with Gasteiger partial charge >= 0.3 is 0 Å². The maximum atomic E-state index is 13.4. The number of benzene rings is 3. The molecule has 11 heteroatoms. The first kappa shape index (κ1) is 26.2. The maximum absolute atomic E-state index is 13.4. The molecule has 188 valence electrons. The molecular weight excluding hydrogens is 615 g/mol. The summed E-state index contributed by atoms with van der Waals surface area (Å²) in [6.45, 7) is 1.59. The number of anilines is 1. The minimum absolute atomic E-state index is 0.0113. The topological polar surface area (TPSA) is 104 Å². The van der Waals surface area contributed by atoms with Crippen molar-refractivity contribution in [2.45, 2.75) is 17.9 Å². The summed E-state index contributed by atoms with van der Waals surface area (Å²) in [6, 6.07) is 17.0. The monoisotopic (exact) mass is 638 g/mol. The van der Waals surface area contributed by atoms with Crippen LogP contribution in [-0.4, -0.2) is 39.3 Å². The van der Waals surface area contributed by atoms with Crippen LogP contribution in [0.3, 0.4) is 0 Å². The van der Waals surface area contributed by atoms with Gasteiger partial charge in [0.25, 0.3) is 5.91 Å². The summed E-state index contributed by atoms with van der Waals surface area (Å²) in [4.78, 5) is 18.1. The highest BCUT2D eigenvalue weighted by Crippen LogP contribution is 2.36.